The maximum Gasteiger partial charge on any atom is 0.106 e. The van der Waals surface area contributed by atoms with Gasteiger partial charge in [0.15, 0.2) is 0 Å². The summed E-state index contributed by atoms with van der Waals surface area (Å²) in [6.45, 7) is 4.40. The molecule has 0 bridgehead atoms. The normalized spacial score (nSPS) is 30.2. The summed E-state index contributed by atoms with van der Waals surface area (Å²) < 4.78 is 0.878. The number of aromatic nitrogens is 1. The van der Waals surface area contributed by atoms with E-state index in [0.717, 1.165) is 4.60 Å². The highest BCUT2D eigenvalue weighted by Gasteiger charge is 2.56. The van der Waals surface area contributed by atoms with Crippen molar-refractivity contribution in [1.29, 1.82) is 0 Å². The Balaban J connectivity index is 2.25. The third kappa shape index (κ3) is 1.40. The Morgan fingerprint density at radius 1 is 1.46 bits per heavy atom. The molecule has 0 saturated heterocycles. The van der Waals surface area contributed by atoms with E-state index in [2.05, 4.69) is 40.8 Å². The fraction of sp³-hybridized carbons (Fsp3) is 0.500. The number of hydrogen-bond donors (Lipinski definition) is 1. The lowest BCUT2D eigenvalue weighted by Gasteiger charge is -2.01. The molecular weight excluding hydrogens is 228 g/mol. The molecule has 0 unspecified atom stereocenters. The van der Waals surface area contributed by atoms with Crippen LogP contribution in [-0.4, -0.2) is 11.0 Å². The highest BCUT2D eigenvalue weighted by molar-refractivity contribution is 9.10. The highest BCUT2D eigenvalue weighted by atomic mass is 79.9. The standard InChI is InChI=1S/C10H13BrN2/c1-10(2)8(9(10)12)6-3-4-7(11)13-5-6/h3-5,8-9H,12H2,1-2H3/t8-,9-/m1/s1. The molecule has 0 amide bonds. The van der Waals surface area contributed by atoms with E-state index < -0.39 is 0 Å². The van der Waals surface area contributed by atoms with Gasteiger partial charge >= 0.3 is 0 Å². The lowest BCUT2D eigenvalue weighted by Crippen LogP contribution is -2.06. The molecule has 1 fully saturated rings. The predicted octanol–water partition coefficient (Wildman–Crippen LogP) is 2.29. The van der Waals surface area contributed by atoms with Gasteiger partial charge in [-0.1, -0.05) is 19.9 Å². The van der Waals surface area contributed by atoms with Crippen molar-refractivity contribution in [2.75, 3.05) is 0 Å². The second-order valence-electron chi connectivity index (χ2n) is 4.24. The number of nitrogens with zero attached hydrogens (tertiary/aromatic N) is 1. The van der Waals surface area contributed by atoms with E-state index in [0.29, 0.717) is 5.92 Å². The summed E-state index contributed by atoms with van der Waals surface area (Å²) in [6.07, 6.45) is 1.91. The van der Waals surface area contributed by atoms with E-state index in [1.807, 2.05) is 12.3 Å². The molecule has 1 heterocycles. The van der Waals surface area contributed by atoms with Gasteiger partial charge in [-0.2, -0.15) is 0 Å². The maximum atomic E-state index is 5.97. The molecule has 3 heteroatoms. The zero-order valence-electron chi connectivity index (χ0n) is 7.79. The Morgan fingerprint density at radius 2 is 2.08 bits per heavy atom. The number of rotatable bonds is 1. The Morgan fingerprint density at radius 3 is 2.46 bits per heavy atom. The minimum Gasteiger partial charge on any atom is -0.327 e. The molecule has 1 saturated carbocycles. The van der Waals surface area contributed by atoms with Crippen LogP contribution < -0.4 is 5.73 Å². The van der Waals surface area contributed by atoms with Crippen molar-refractivity contribution in [1.82, 2.24) is 4.98 Å². The molecule has 1 aromatic rings. The van der Waals surface area contributed by atoms with Gasteiger partial charge in [-0.05, 0) is 33.0 Å². The molecule has 0 aliphatic heterocycles. The minimum absolute atomic E-state index is 0.246. The predicted molar refractivity (Wildman–Crippen MR) is 56.4 cm³/mol. The van der Waals surface area contributed by atoms with E-state index in [1.54, 1.807) is 0 Å². The van der Waals surface area contributed by atoms with E-state index in [4.69, 9.17) is 5.73 Å². The van der Waals surface area contributed by atoms with E-state index in [1.165, 1.54) is 5.56 Å². The van der Waals surface area contributed by atoms with Gasteiger partial charge in [-0.15, -0.1) is 0 Å². The fourth-order valence-electron chi connectivity index (χ4n) is 1.89. The molecule has 2 rings (SSSR count). The van der Waals surface area contributed by atoms with Crippen molar-refractivity contribution in [2.24, 2.45) is 11.1 Å². The average molecular weight is 241 g/mol. The lowest BCUT2D eigenvalue weighted by atomic mass is 10.1. The summed E-state index contributed by atoms with van der Waals surface area (Å²) in [6, 6.07) is 4.35. The van der Waals surface area contributed by atoms with Gasteiger partial charge in [0, 0.05) is 18.2 Å². The number of nitrogens with two attached hydrogens (primary N) is 1. The van der Waals surface area contributed by atoms with Crippen LogP contribution in [0.4, 0.5) is 0 Å². The van der Waals surface area contributed by atoms with Gasteiger partial charge in [0.25, 0.3) is 0 Å². The van der Waals surface area contributed by atoms with Gasteiger partial charge in [0.05, 0.1) is 0 Å². The molecule has 2 N–H and O–H groups in total. The van der Waals surface area contributed by atoms with Crippen molar-refractivity contribution in [3.63, 3.8) is 0 Å². The summed E-state index contributed by atoms with van der Waals surface area (Å²) in [4.78, 5) is 4.20. The van der Waals surface area contributed by atoms with Crippen LogP contribution in [0.2, 0.25) is 0 Å². The van der Waals surface area contributed by atoms with Crippen molar-refractivity contribution >= 4 is 15.9 Å². The SMILES string of the molecule is CC1(C)[C@H](N)[C@H]1c1ccc(Br)nc1. The molecule has 1 aromatic heterocycles. The van der Waals surface area contributed by atoms with E-state index in [-0.39, 0.29) is 11.5 Å². The molecule has 0 spiro atoms. The van der Waals surface area contributed by atoms with E-state index in [9.17, 15) is 0 Å². The first-order valence-corrected chi connectivity index (χ1v) is 5.20. The Kier molecular flexibility index (Phi) is 1.96. The first kappa shape index (κ1) is 9.16. The summed E-state index contributed by atoms with van der Waals surface area (Å²) in [5, 5.41) is 0. The Bertz CT molecular complexity index is 318. The smallest absolute Gasteiger partial charge is 0.106 e. The van der Waals surface area contributed by atoms with Gasteiger partial charge in [-0.25, -0.2) is 4.98 Å². The first-order valence-electron chi connectivity index (χ1n) is 4.40. The van der Waals surface area contributed by atoms with Crippen molar-refractivity contribution in [3.05, 3.63) is 28.5 Å². The lowest BCUT2D eigenvalue weighted by molar-refractivity contribution is 0.598. The number of pyridine rings is 1. The van der Waals surface area contributed by atoms with Crippen molar-refractivity contribution in [3.8, 4) is 0 Å². The molecule has 1 aliphatic rings. The van der Waals surface area contributed by atoms with E-state index >= 15 is 0 Å². The van der Waals surface area contributed by atoms with Crippen LogP contribution in [0.3, 0.4) is 0 Å². The molecule has 1 aliphatic carbocycles. The second kappa shape index (κ2) is 2.79. The molecule has 0 radical (unpaired) electrons. The molecule has 2 nitrogen and oxygen atoms in total. The third-order valence-electron chi connectivity index (χ3n) is 3.02. The monoisotopic (exact) mass is 240 g/mol. The topological polar surface area (TPSA) is 38.9 Å². The maximum absolute atomic E-state index is 5.97. The van der Waals surface area contributed by atoms with Crippen LogP contribution >= 0.6 is 15.9 Å². The minimum atomic E-state index is 0.246. The molecule has 13 heavy (non-hydrogen) atoms. The van der Waals surface area contributed by atoms with Crippen LogP contribution in [-0.2, 0) is 0 Å². The fourth-order valence-corrected chi connectivity index (χ4v) is 2.12. The summed E-state index contributed by atoms with van der Waals surface area (Å²) in [7, 11) is 0. The summed E-state index contributed by atoms with van der Waals surface area (Å²) in [5.41, 5.74) is 7.47. The third-order valence-corrected chi connectivity index (χ3v) is 3.49. The zero-order chi connectivity index (χ0) is 9.64. The van der Waals surface area contributed by atoms with Gasteiger partial charge in [-0.3, -0.25) is 0 Å². The molecule has 0 aromatic carbocycles. The molecule has 70 valence electrons. The number of hydrogen-bond acceptors (Lipinski definition) is 2. The Hall–Kier alpha value is -0.410. The quantitative estimate of drug-likeness (QED) is 0.766. The average Bonchev–Trinajstić information content (AvgIpc) is 2.55. The van der Waals surface area contributed by atoms with Gasteiger partial charge < -0.3 is 5.73 Å². The molecular formula is C10H13BrN2. The first-order chi connectivity index (χ1) is 6.03. The Labute approximate surface area is 86.7 Å². The van der Waals surface area contributed by atoms with Gasteiger partial charge in [0.1, 0.15) is 4.60 Å². The summed E-state index contributed by atoms with van der Waals surface area (Å²) >= 11 is 3.32. The molecule has 2 atom stereocenters. The van der Waals surface area contributed by atoms with Gasteiger partial charge in [0.2, 0.25) is 0 Å². The van der Waals surface area contributed by atoms with Crippen LogP contribution in [0.15, 0.2) is 22.9 Å². The van der Waals surface area contributed by atoms with Crippen LogP contribution in [0.1, 0.15) is 25.3 Å². The zero-order valence-corrected chi connectivity index (χ0v) is 9.38. The van der Waals surface area contributed by atoms with Crippen molar-refractivity contribution < 1.29 is 0 Å². The second-order valence-corrected chi connectivity index (χ2v) is 5.05. The van der Waals surface area contributed by atoms with Crippen LogP contribution in [0, 0.1) is 5.41 Å². The van der Waals surface area contributed by atoms with Crippen molar-refractivity contribution in [2.45, 2.75) is 25.8 Å². The van der Waals surface area contributed by atoms with Crippen LogP contribution in [0.25, 0.3) is 0 Å². The number of halogens is 1. The largest absolute Gasteiger partial charge is 0.327 e. The summed E-state index contributed by atoms with van der Waals surface area (Å²) in [5.74, 6) is 0.480. The van der Waals surface area contributed by atoms with Crippen LogP contribution in [0.5, 0.6) is 0 Å². The highest BCUT2D eigenvalue weighted by Crippen LogP contribution is 2.57.